The SMILES string of the molecule is CCSc1ccc(Cl)cc1NC(=O)C1CCNC1. The lowest BCUT2D eigenvalue weighted by Crippen LogP contribution is -2.24. The molecule has 1 unspecified atom stereocenters. The highest BCUT2D eigenvalue weighted by Crippen LogP contribution is 2.30. The molecule has 0 saturated carbocycles. The molecule has 1 aliphatic rings. The van der Waals surface area contributed by atoms with Crippen LogP contribution < -0.4 is 10.6 Å². The van der Waals surface area contributed by atoms with Gasteiger partial charge >= 0.3 is 0 Å². The predicted octanol–water partition coefficient (Wildman–Crippen LogP) is 3.00. The van der Waals surface area contributed by atoms with Gasteiger partial charge in [0.1, 0.15) is 0 Å². The molecule has 1 heterocycles. The van der Waals surface area contributed by atoms with Gasteiger partial charge in [0.15, 0.2) is 0 Å². The fraction of sp³-hybridized carbons (Fsp3) is 0.462. The van der Waals surface area contributed by atoms with Gasteiger partial charge in [0.2, 0.25) is 5.91 Å². The zero-order valence-corrected chi connectivity index (χ0v) is 11.9. The Kier molecular flexibility index (Phi) is 4.92. The van der Waals surface area contributed by atoms with Crippen molar-refractivity contribution >= 4 is 35.0 Å². The summed E-state index contributed by atoms with van der Waals surface area (Å²) in [5, 5.41) is 6.84. The molecule has 1 saturated heterocycles. The molecule has 1 aliphatic heterocycles. The van der Waals surface area contributed by atoms with Crippen LogP contribution in [0.1, 0.15) is 13.3 Å². The fourth-order valence-electron chi connectivity index (χ4n) is 1.99. The van der Waals surface area contributed by atoms with Crippen molar-refractivity contribution in [3.05, 3.63) is 23.2 Å². The Balaban J connectivity index is 2.11. The van der Waals surface area contributed by atoms with Gasteiger partial charge in [0, 0.05) is 16.5 Å². The summed E-state index contributed by atoms with van der Waals surface area (Å²) in [4.78, 5) is 13.1. The van der Waals surface area contributed by atoms with Crippen molar-refractivity contribution in [1.82, 2.24) is 5.32 Å². The molecule has 1 aromatic carbocycles. The minimum atomic E-state index is 0.0726. The maximum atomic E-state index is 12.1. The third-order valence-electron chi connectivity index (χ3n) is 2.93. The highest BCUT2D eigenvalue weighted by atomic mass is 35.5. The first kappa shape index (κ1) is 13.7. The van der Waals surface area contributed by atoms with Crippen molar-refractivity contribution < 1.29 is 4.79 Å². The zero-order valence-electron chi connectivity index (χ0n) is 10.3. The van der Waals surface area contributed by atoms with Crippen LogP contribution in [0.5, 0.6) is 0 Å². The normalized spacial score (nSPS) is 18.9. The topological polar surface area (TPSA) is 41.1 Å². The molecule has 0 aliphatic carbocycles. The van der Waals surface area contributed by atoms with E-state index in [4.69, 9.17) is 11.6 Å². The average molecular weight is 285 g/mol. The van der Waals surface area contributed by atoms with Crippen molar-refractivity contribution in [2.75, 3.05) is 24.2 Å². The summed E-state index contributed by atoms with van der Waals surface area (Å²) in [6, 6.07) is 5.63. The number of amides is 1. The van der Waals surface area contributed by atoms with Crippen molar-refractivity contribution in [3.8, 4) is 0 Å². The first-order valence-electron chi connectivity index (χ1n) is 6.14. The molecule has 1 amide bonds. The first-order chi connectivity index (χ1) is 8.70. The van der Waals surface area contributed by atoms with Crippen LogP contribution in [-0.2, 0) is 4.79 Å². The van der Waals surface area contributed by atoms with E-state index in [9.17, 15) is 4.79 Å². The van der Waals surface area contributed by atoms with Crippen LogP contribution in [0.3, 0.4) is 0 Å². The number of rotatable bonds is 4. The first-order valence-corrected chi connectivity index (χ1v) is 7.51. The molecule has 0 radical (unpaired) electrons. The summed E-state index contributed by atoms with van der Waals surface area (Å²) in [6.45, 7) is 3.78. The third-order valence-corrected chi connectivity index (χ3v) is 4.12. The number of benzene rings is 1. The molecule has 0 spiro atoms. The maximum Gasteiger partial charge on any atom is 0.228 e. The second-order valence-corrected chi connectivity index (χ2v) is 5.99. The van der Waals surface area contributed by atoms with Gasteiger partial charge in [0.05, 0.1) is 11.6 Å². The summed E-state index contributed by atoms with van der Waals surface area (Å²) in [6.07, 6.45) is 0.905. The van der Waals surface area contributed by atoms with E-state index in [1.807, 2.05) is 18.2 Å². The minimum absolute atomic E-state index is 0.0726. The molecule has 1 aromatic rings. The molecule has 0 aromatic heterocycles. The standard InChI is InChI=1S/C13H17ClN2OS/c1-2-18-12-4-3-10(14)7-11(12)16-13(17)9-5-6-15-8-9/h3-4,7,9,15H,2,5-6,8H2,1H3,(H,16,17). The minimum Gasteiger partial charge on any atom is -0.325 e. The van der Waals surface area contributed by atoms with E-state index in [2.05, 4.69) is 17.6 Å². The Morgan fingerprint density at radius 3 is 3.11 bits per heavy atom. The monoisotopic (exact) mass is 284 g/mol. The van der Waals surface area contributed by atoms with Crippen LogP contribution in [-0.4, -0.2) is 24.7 Å². The van der Waals surface area contributed by atoms with Gasteiger partial charge in [-0.05, 0) is 36.9 Å². The van der Waals surface area contributed by atoms with E-state index in [0.29, 0.717) is 5.02 Å². The lowest BCUT2D eigenvalue weighted by Gasteiger charge is -2.13. The van der Waals surface area contributed by atoms with Gasteiger partial charge in [-0.2, -0.15) is 0 Å². The summed E-state index contributed by atoms with van der Waals surface area (Å²) in [5.74, 6) is 1.12. The Morgan fingerprint density at radius 1 is 1.61 bits per heavy atom. The summed E-state index contributed by atoms with van der Waals surface area (Å²) in [5.41, 5.74) is 0.825. The number of carbonyl (C=O) groups is 1. The van der Waals surface area contributed by atoms with Crippen molar-refractivity contribution in [3.63, 3.8) is 0 Å². The molecule has 2 rings (SSSR count). The second kappa shape index (κ2) is 6.45. The number of nitrogens with one attached hydrogen (secondary N) is 2. The average Bonchev–Trinajstić information content (AvgIpc) is 2.86. The smallest absolute Gasteiger partial charge is 0.228 e. The molecular formula is C13H17ClN2OS. The Morgan fingerprint density at radius 2 is 2.44 bits per heavy atom. The number of hydrogen-bond acceptors (Lipinski definition) is 3. The number of anilines is 1. The van der Waals surface area contributed by atoms with Crippen LogP contribution in [0.15, 0.2) is 23.1 Å². The van der Waals surface area contributed by atoms with Gasteiger partial charge in [-0.15, -0.1) is 11.8 Å². The van der Waals surface area contributed by atoms with Crippen LogP contribution in [0.25, 0.3) is 0 Å². The van der Waals surface area contributed by atoms with Crippen LogP contribution >= 0.6 is 23.4 Å². The lowest BCUT2D eigenvalue weighted by atomic mass is 10.1. The Bertz CT molecular complexity index is 433. The molecule has 1 fully saturated rings. The highest BCUT2D eigenvalue weighted by molar-refractivity contribution is 7.99. The molecule has 18 heavy (non-hydrogen) atoms. The predicted molar refractivity (Wildman–Crippen MR) is 77.5 cm³/mol. The second-order valence-electron chi connectivity index (χ2n) is 4.25. The molecular weight excluding hydrogens is 268 g/mol. The summed E-state index contributed by atoms with van der Waals surface area (Å²) >= 11 is 7.69. The zero-order chi connectivity index (χ0) is 13.0. The van der Waals surface area contributed by atoms with Gasteiger partial charge in [-0.25, -0.2) is 0 Å². The number of hydrogen-bond donors (Lipinski definition) is 2. The third kappa shape index (κ3) is 3.40. The lowest BCUT2D eigenvalue weighted by molar-refractivity contribution is -0.119. The number of halogens is 1. The van der Waals surface area contributed by atoms with E-state index in [0.717, 1.165) is 35.8 Å². The van der Waals surface area contributed by atoms with Gasteiger partial charge in [0.25, 0.3) is 0 Å². The fourth-order valence-corrected chi connectivity index (χ4v) is 2.91. The maximum absolute atomic E-state index is 12.1. The van der Waals surface area contributed by atoms with Crippen molar-refractivity contribution in [2.45, 2.75) is 18.2 Å². The molecule has 2 N–H and O–H groups in total. The number of carbonyl (C=O) groups excluding carboxylic acids is 1. The molecule has 5 heteroatoms. The Hall–Kier alpha value is -0.710. The molecule has 98 valence electrons. The van der Waals surface area contributed by atoms with E-state index in [1.165, 1.54) is 0 Å². The largest absolute Gasteiger partial charge is 0.325 e. The number of thioether (sulfide) groups is 1. The van der Waals surface area contributed by atoms with Crippen LogP contribution in [0, 0.1) is 5.92 Å². The Labute approximate surface area is 117 Å². The van der Waals surface area contributed by atoms with Gasteiger partial charge < -0.3 is 10.6 Å². The molecule has 1 atom stereocenters. The summed E-state index contributed by atoms with van der Waals surface area (Å²) < 4.78 is 0. The summed E-state index contributed by atoms with van der Waals surface area (Å²) in [7, 11) is 0. The van der Waals surface area contributed by atoms with Gasteiger partial charge in [-0.1, -0.05) is 18.5 Å². The quantitative estimate of drug-likeness (QED) is 0.835. The molecule has 3 nitrogen and oxygen atoms in total. The van der Waals surface area contributed by atoms with E-state index < -0.39 is 0 Å². The van der Waals surface area contributed by atoms with Gasteiger partial charge in [-0.3, -0.25) is 4.79 Å². The highest BCUT2D eigenvalue weighted by Gasteiger charge is 2.23. The van der Waals surface area contributed by atoms with E-state index >= 15 is 0 Å². The van der Waals surface area contributed by atoms with E-state index in [-0.39, 0.29) is 11.8 Å². The van der Waals surface area contributed by atoms with Crippen molar-refractivity contribution in [2.24, 2.45) is 5.92 Å². The van der Waals surface area contributed by atoms with Crippen LogP contribution in [0.4, 0.5) is 5.69 Å². The van der Waals surface area contributed by atoms with Crippen molar-refractivity contribution in [1.29, 1.82) is 0 Å². The molecule has 0 bridgehead atoms. The van der Waals surface area contributed by atoms with E-state index in [1.54, 1.807) is 11.8 Å². The van der Waals surface area contributed by atoms with Crippen LogP contribution in [0.2, 0.25) is 5.02 Å².